The number of hydrogen-bond donors (Lipinski definition) is 1. The average molecular weight is 427 g/mol. The second-order valence-electron chi connectivity index (χ2n) is 15.2. The third-order valence-electron chi connectivity index (χ3n) is 13.0. The highest BCUT2D eigenvalue weighted by molar-refractivity contribution is 5.38. The van der Waals surface area contributed by atoms with E-state index >= 15 is 0 Å². The molecule has 31 heavy (non-hydrogen) atoms. The van der Waals surface area contributed by atoms with Gasteiger partial charge in [0.2, 0.25) is 0 Å². The third kappa shape index (κ3) is 2.77. The van der Waals surface area contributed by atoms with E-state index in [1.807, 2.05) is 11.1 Å². The van der Waals surface area contributed by atoms with E-state index in [0.717, 1.165) is 12.3 Å². The molecular formula is C30H50O. The SMILES string of the molecule is CC1(C)CC[C@@]2(C)CC[C@@]3(C)C4=C(CC[C@]3(C)[C@H]2C1)[C@@]1(C)CC[C@@H](O)C(C)(C)[C@@H]1CC4. The monoisotopic (exact) mass is 426 g/mol. The highest BCUT2D eigenvalue weighted by atomic mass is 16.3. The van der Waals surface area contributed by atoms with Crippen molar-refractivity contribution in [1.29, 1.82) is 0 Å². The zero-order chi connectivity index (χ0) is 22.7. The average Bonchev–Trinajstić information content (AvgIpc) is 2.68. The maximum Gasteiger partial charge on any atom is 0.0594 e. The van der Waals surface area contributed by atoms with Crippen LogP contribution in [-0.2, 0) is 0 Å². The van der Waals surface area contributed by atoms with Crippen molar-refractivity contribution in [3.8, 4) is 0 Å². The van der Waals surface area contributed by atoms with E-state index in [-0.39, 0.29) is 11.5 Å². The van der Waals surface area contributed by atoms with E-state index in [4.69, 9.17) is 0 Å². The van der Waals surface area contributed by atoms with E-state index < -0.39 is 0 Å². The van der Waals surface area contributed by atoms with E-state index in [2.05, 4.69) is 55.4 Å². The van der Waals surface area contributed by atoms with Crippen molar-refractivity contribution in [3.63, 3.8) is 0 Å². The Bertz CT molecular complexity index is 803. The quantitative estimate of drug-likeness (QED) is 0.386. The molecule has 0 aromatic rings. The van der Waals surface area contributed by atoms with Crippen LogP contribution >= 0.6 is 0 Å². The first-order valence-electron chi connectivity index (χ1n) is 13.6. The van der Waals surface area contributed by atoms with E-state index in [1.54, 1.807) is 0 Å². The van der Waals surface area contributed by atoms with Crippen LogP contribution in [0.2, 0.25) is 0 Å². The number of hydrogen-bond acceptors (Lipinski definition) is 1. The lowest BCUT2D eigenvalue weighted by Crippen LogP contribution is -2.61. The molecule has 5 aliphatic rings. The maximum absolute atomic E-state index is 10.9. The third-order valence-corrected chi connectivity index (χ3v) is 13.0. The van der Waals surface area contributed by atoms with E-state index in [1.165, 1.54) is 64.2 Å². The van der Waals surface area contributed by atoms with Crippen LogP contribution in [0, 0.1) is 44.3 Å². The summed E-state index contributed by atoms with van der Waals surface area (Å²) in [7, 11) is 0. The molecule has 3 fully saturated rings. The van der Waals surface area contributed by atoms with Gasteiger partial charge in [-0.2, -0.15) is 0 Å². The van der Waals surface area contributed by atoms with Gasteiger partial charge in [0.05, 0.1) is 6.10 Å². The summed E-state index contributed by atoms with van der Waals surface area (Å²) in [6.07, 6.45) is 14.5. The van der Waals surface area contributed by atoms with Gasteiger partial charge in [-0.15, -0.1) is 0 Å². The lowest BCUT2D eigenvalue weighted by Gasteiger charge is -2.69. The molecule has 3 saturated carbocycles. The Morgan fingerprint density at radius 2 is 1.35 bits per heavy atom. The van der Waals surface area contributed by atoms with Gasteiger partial charge in [0.25, 0.3) is 0 Å². The minimum absolute atomic E-state index is 0.0473. The van der Waals surface area contributed by atoms with Crippen LogP contribution in [0.25, 0.3) is 0 Å². The molecular weight excluding hydrogens is 376 g/mol. The zero-order valence-corrected chi connectivity index (χ0v) is 22.0. The second-order valence-corrected chi connectivity index (χ2v) is 15.2. The molecule has 0 bridgehead atoms. The number of aliphatic hydroxyl groups excluding tert-OH is 1. The predicted molar refractivity (Wildman–Crippen MR) is 131 cm³/mol. The minimum atomic E-state index is -0.128. The highest BCUT2D eigenvalue weighted by Crippen LogP contribution is 2.75. The van der Waals surface area contributed by atoms with Crippen LogP contribution in [0.1, 0.15) is 126 Å². The van der Waals surface area contributed by atoms with Gasteiger partial charge in [0.1, 0.15) is 0 Å². The summed E-state index contributed by atoms with van der Waals surface area (Å²) in [6, 6.07) is 0. The van der Waals surface area contributed by atoms with Gasteiger partial charge in [-0.1, -0.05) is 66.5 Å². The van der Waals surface area contributed by atoms with Crippen molar-refractivity contribution in [1.82, 2.24) is 0 Å². The number of allylic oxidation sites excluding steroid dienone is 2. The lowest BCUT2D eigenvalue weighted by atomic mass is 9.35. The first-order chi connectivity index (χ1) is 14.2. The Balaban J connectivity index is 1.59. The summed E-state index contributed by atoms with van der Waals surface area (Å²) in [5.74, 6) is 1.50. The molecule has 5 rings (SSSR count). The molecule has 1 heteroatoms. The van der Waals surface area contributed by atoms with Gasteiger partial charge in [-0.25, -0.2) is 0 Å². The fraction of sp³-hybridized carbons (Fsp3) is 0.933. The molecule has 1 N–H and O–H groups in total. The molecule has 0 aromatic carbocycles. The van der Waals surface area contributed by atoms with Crippen molar-refractivity contribution in [3.05, 3.63) is 11.1 Å². The fourth-order valence-electron chi connectivity index (χ4n) is 10.4. The van der Waals surface area contributed by atoms with Crippen molar-refractivity contribution >= 4 is 0 Å². The normalized spacial score (nSPS) is 53.1. The van der Waals surface area contributed by atoms with Crippen molar-refractivity contribution in [2.24, 2.45) is 44.3 Å². The maximum atomic E-state index is 10.9. The molecule has 0 heterocycles. The summed E-state index contributed by atoms with van der Waals surface area (Å²) in [5, 5.41) is 10.9. The lowest BCUT2D eigenvalue weighted by molar-refractivity contribution is -0.154. The summed E-state index contributed by atoms with van der Waals surface area (Å²) in [5.41, 5.74) is 6.02. The molecule has 176 valence electrons. The molecule has 0 radical (unpaired) electrons. The highest BCUT2D eigenvalue weighted by Gasteiger charge is 2.65. The Morgan fingerprint density at radius 3 is 2.06 bits per heavy atom. The van der Waals surface area contributed by atoms with Gasteiger partial charge in [-0.3, -0.25) is 0 Å². The van der Waals surface area contributed by atoms with Crippen LogP contribution in [0.5, 0.6) is 0 Å². The molecule has 5 aliphatic carbocycles. The molecule has 0 aliphatic heterocycles. The van der Waals surface area contributed by atoms with Gasteiger partial charge in [0, 0.05) is 0 Å². The van der Waals surface area contributed by atoms with Crippen LogP contribution in [0.3, 0.4) is 0 Å². The van der Waals surface area contributed by atoms with Gasteiger partial charge in [-0.05, 0) is 115 Å². The van der Waals surface area contributed by atoms with Gasteiger partial charge < -0.3 is 5.11 Å². The Morgan fingerprint density at radius 1 is 0.677 bits per heavy atom. The first kappa shape index (κ1) is 22.5. The second kappa shape index (κ2) is 6.43. The van der Waals surface area contributed by atoms with Crippen LogP contribution in [0.4, 0.5) is 0 Å². The Labute approximate surface area is 192 Å². The molecule has 0 aromatic heterocycles. The van der Waals surface area contributed by atoms with Crippen molar-refractivity contribution < 1.29 is 5.11 Å². The molecule has 0 saturated heterocycles. The Kier molecular flexibility index (Phi) is 4.66. The fourth-order valence-corrected chi connectivity index (χ4v) is 10.4. The van der Waals surface area contributed by atoms with E-state index in [0.29, 0.717) is 33.0 Å². The number of aliphatic hydroxyl groups is 1. The smallest absolute Gasteiger partial charge is 0.0594 e. The standard InChI is InChI=1S/C30H50O/c1-25(2)15-16-27(5)17-18-29(7)21-9-10-22-26(3,4)24(31)12-13-28(22,6)20(21)11-14-30(29,8)23(27)19-25/h22-24,31H,9-19H2,1-8H3/t22-,23-,24+,27-,28+,29-,30+/m0/s1. The summed E-state index contributed by atoms with van der Waals surface area (Å²) >= 11 is 0. The molecule has 0 unspecified atom stereocenters. The van der Waals surface area contributed by atoms with Crippen LogP contribution < -0.4 is 0 Å². The van der Waals surface area contributed by atoms with Gasteiger partial charge in [0.15, 0.2) is 0 Å². The van der Waals surface area contributed by atoms with E-state index in [9.17, 15) is 5.11 Å². The molecule has 1 nitrogen and oxygen atoms in total. The summed E-state index contributed by atoms with van der Waals surface area (Å²) in [6.45, 7) is 20.5. The van der Waals surface area contributed by atoms with Crippen molar-refractivity contribution in [2.75, 3.05) is 0 Å². The topological polar surface area (TPSA) is 20.2 Å². The van der Waals surface area contributed by atoms with Crippen LogP contribution in [-0.4, -0.2) is 11.2 Å². The minimum Gasteiger partial charge on any atom is -0.393 e. The van der Waals surface area contributed by atoms with Gasteiger partial charge >= 0.3 is 0 Å². The van der Waals surface area contributed by atoms with Crippen molar-refractivity contribution in [2.45, 2.75) is 132 Å². The molecule has 0 spiro atoms. The Hall–Kier alpha value is -0.300. The summed E-state index contributed by atoms with van der Waals surface area (Å²) < 4.78 is 0. The number of rotatable bonds is 0. The summed E-state index contributed by atoms with van der Waals surface area (Å²) in [4.78, 5) is 0. The first-order valence-corrected chi connectivity index (χ1v) is 13.6. The molecule has 7 atom stereocenters. The predicted octanol–water partition coefficient (Wildman–Crippen LogP) is 8.31. The van der Waals surface area contributed by atoms with Crippen LogP contribution in [0.15, 0.2) is 11.1 Å². The zero-order valence-electron chi connectivity index (χ0n) is 22.0. The molecule has 0 amide bonds. The number of fused-ring (bicyclic) bond motifs is 6. The largest absolute Gasteiger partial charge is 0.393 e.